The first kappa shape index (κ1) is 28.4. The Labute approximate surface area is 232 Å². The second kappa shape index (κ2) is 12.2. The van der Waals surface area contributed by atoms with Crippen LogP contribution in [0, 0.1) is 17.6 Å². The number of piperidine rings is 1. The van der Waals surface area contributed by atoms with Gasteiger partial charge in [-0.3, -0.25) is 4.79 Å². The van der Waals surface area contributed by atoms with Crippen LogP contribution in [0.25, 0.3) is 0 Å². The summed E-state index contributed by atoms with van der Waals surface area (Å²) < 4.78 is 50.5. The van der Waals surface area contributed by atoms with E-state index < -0.39 is 29.1 Å². The predicted molar refractivity (Wildman–Crippen MR) is 142 cm³/mol. The largest absolute Gasteiger partial charge is 0.491 e. The Kier molecular flexibility index (Phi) is 8.68. The van der Waals surface area contributed by atoms with Gasteiger partial charge >= 0.3 is 5.97 Å². The molecule has 40 heavy (non-hydrogen) atoms. The number of ether oxygens (including phenoxy) is 4. The van der Waals surface area contributed by atoms with Gasteiger partial charge in [0.25, 0.3) is 0 Å². The van der Waals surface area contributed by atoms with Crippen molar-refractivity contribution in [2.24, 2.45) is 5.92 Å². The summed E-state index contributed by atoms with van der Waals surface area (Å²) >= 11 is 0. The zero-order valence-corrected chi connectivity index (χ0v) is 23.0. The molecule has 2 aromatic rings. The number of rotatable bonds is 12. The molecule has 8 nitrogen and oxygen atoms in total. The van der Waals surface area contributed by atoms with Crippen molar-refractivity contribution in [3.63, 3.8) is 0 Å². The lowest BCUT2D eigenvalue weighted by Crippen LogP contribution is -2.55. The first-order valence-electron chi connectivity index (χ1n) is 13.8. The number of aryl methyl sites for hydroxylation is 1. The molecule has 3 aliphatic rings. The van der Waals surface area contributed by atoms with Gasteiger partial charge in [-0.25, -0.2) is 13.6 Å². The van der Waals surface area contributed by atoms with Crippen LogP contribution in [0.15, 0.2) is 30.3 Å². The molecule has 0 radical (unpaired) electrons. The average Bonchev–Trinajstić information content (AvgIpc) is 3.75. The Morgan fingerprint density at radius 3 is 2.55 bits per heavy atom. The number of carbonyl (C=O) groups is 2. The Hall–Kier alpha value is -3.08. The third kappa shape index (κ3) is 5.84. The number of benzene rings is 2. The summed E-state index contributed by atoms with van der Waals surface area (Å²) in [5.41, 5.74) is 0.904. The average molecular weight is 559 g/mol. The Bertz CT molecular complexity index is 1220. The Morgan fingerprint density at radius 2 is 1.80 bits per heavy atom. The molecule has 1 saturated heterocycles. The minimum Gasteiger partial charge on any atom is -0.491 e. The third-order valence-corrected chi connectivity index (χ3v) is 7.91. The zero-order chi connectivity index (χ0) is 28.3. The van der Waals surface area contributed by atoms with Crippen LogP contribution in [-0.2, 0) is 37.6 Å². The van der Waals surface area contributed by atoms with Crippen LogP contribution >= 0.6 is 0 Å². The van der Waals surface area contributed by atoms with Gasteiger partial charge in [-0.1, -0.05) is 6.07 Å². The summed E-state index contributed by atoms with van der Waals surface area (Å²) in [6.07, 6.45) is 3.68. The minimum atomic E-state index is -1.34. The number of hydrogen-bond donors (Lipinski definition) is 1. The number of hydrogen-bond acceptors (Lipinski definition) is 7. The highest BCUT2D eigenvalue weighted by molar-refractivity contribution is 5.96. The lowest BCUT2D eigenvalue weighted by Gasteiger charge is -2.42. The Balaban J connectivity index is 1.43. The molecule has 1 saturated carbocycles. The molecule has 0 bridgehead atoms. The van der Waals surface area contributed by atoms with Crippen molar-refractivity contribution in [2.75, 3.05) is 47.1 Å². The molecule has 216 valence electrons. The maximum Gasteiger partial charge on any atom is 0.339 e. The first-order chi connectivity index (χ1) is 19.4. The highest BCUT2D eigenvalue weighted by Gasteiger charge is 2.56. The summed E-state index contributed by atoms with van der Waals surface area (Å²) in [5, 5.41) is 3.24. The lowest BCUT2D eigenvalue weighted by atomic mass is 9.75. The maximum atomic E-state index is 14.4. The van der Waals surface area contributed by atoms with Crippen LogP contribution in [0.3, 0.4) is 0 Å². The summed E-state index contributed by atoms with van der Waals surface area (Å²) in [5.74, 6) is -3.15. The molecule has 2 heterocycles. The molecule has 1 unspecified atom stereocenters. The fourth-order valence-electron chi connectivity index (χ4n) is 5.81. The molecule has 2 aliphatic heterocycles. The van der Waals surface area contributed by atoms with E-state index in [1.807, 2.05) is 17.0 Å². The molecule has 0 aromatic heterocycles. The van der Waals surface area contributed by atoms with E-state index in [-0.39, 0.29) is 36.0 Å². The van der Waals surface area contributed by atoms with Crippen molar-refractivity contribution in [2.45, 2.75) is 50.3 Å². The number of fused-ring (bicyclic) bond motifs is 2. The predicted octanol–water partition coefficient (Wildman–Crippen LogP) is 3.74. The number of amides is 1. The van der Waals surface area contributed by atoms with E-state index in [4.69, 9.17) is 18.9 Å². The molecule has 5 rings (SSSR count). The molecule has 1 aliphatic carbocycles. The van der Waals surface area contributed by atoms with Gasteiger partial charge in [0.1, 0.15) is 12.4 Å². The summed E-state index contributed by atoms with van der Waals surface area (Å²) in [7, 11) is 3.29. The second-order valence-corrected chi connectivity index (χ2v) is 10.7. The number of nitrogens with zero attached hydrogens (tertiary/aromatic N) is 1. The monoisotopic (exact) mass is 558 g/mol. The molecule has 2 aromatic carbocycles. The molecule has 1 spiro atoms. The van der Waals surface area contributed by atoms with Gasteiger partial charge in [0.15, 0.2) is 17.2 Å². The lowest BCUT2D eigenvalue weighted by molar-refractivity contribution is -0.149. The highest BCUT2D eigenvalue weighted by atomic mass is 19.2. The van der Waals surface area contributed by atoms with Crippen molar-refractivity contribution in [1.29, 1.82) is 0 Å². The van der Waals surface area contributed by atoms with E-state index in [2.05, 4.69) is 11.4 Å². The van der Waals surface area contributed by atoms with Crippen molar-refractivity contribution in [1.82, 2.24) is 10.2 Å². The van der Waals surface area contributed by atoms with E-state index in [1.165, 1.54) is 0 Å². The summed E-state index contributed by atoms with van der Waals surface area (Å²) in [6, 6.07) is 7.99. The van der Waals surface area contributed by atoms with Gasteiger partial charge < -0.3 is 29.2 Å². The molecule has 2 fully saturated rings. The van der Waals surface area contributed by atoms with Gasteiger partial charge in [0.05, 0.1) is 18.1 Å². The Morgan fingerprint density at radius 1 is 1.05 bits per heavy atom. The van der Waals surface area contributed by atoms with Gasteiger partial charge in [-0.05, 0) is 67.6 Å². The van der Waals surface area contributed by atoms with Crippen LogP contribution in [-0.4, -0.2) is 69.9 Å². The van der Waals surface area contributed by atoms with Crippen molar-refractivity contribution < 1.29 is 37.3 Å². The smallest absolute Gasteiger partial charge is 0.339 e. The van der Waals surface area contributed by atoms with Gasteiger partial charge in [-0.15, -0.1) is 0 Å². The topological polar surface area (TPSA) is 86.3 Å². The fourth-order valence-corrected chi connectivity index (χ4v) is 5.81. The standard InChI is InChI=1S/C30H36F2N2O6/c1-37-9-3-4-19-12-20(14-22(13-19)39-11-10-38-2)18-34(21-5-6-21)28(35)25-17-33-8-7-30(25)24-16-27(32)26(31)15-23(24)29(36)40-30/h12-16,21,25,33H,3-11,17-18H2,1-2H3/t25?,30-/m0/s1. The maximum absolute atomic E-state index is 14.4. The number of carbonyl (C=O) groups excluding carboxylic acids is 2. The highest BCUT2D eigenvalue weighted by Crippen LogP contribution is 2.48. The normalized spacial score (nSPS) is 21.8. The fraction of sp³-hybridized carbons (Fsp3) is 0.533. The van der Waals surface area contributed by atoms with Crippen molar-refractivity contribution in [3.8, 4) is 5.75 Å². The summed E-state index contributed by atoms with van der Waals surface area (Å²) in [6.45, 7) is 2.59. The number of methoxy groups -OCH3 is 2. The molecule has 1 amide bonds. The third-order valence-electron chi connectivity index (χ3n) is 7.91. The van der Waals surface area contributed by atoms with E-state index in [9.17, 15) is 18.4 Å². The van der Waals surface area contributed by atoms with E-state index in [1.54, 1.807) is 14.2 Å². The zero-order valence-electron chi connectivity index (χ0n) is 23.0. The van der Waals surface area contributed by atoms with Crippen LogP contribution in [0.1, 0.15) is 52.7 Å². The molecule has 10 heteroatoms. The summed E-state index contributed by atoms with van der Waals surface area (Å²) in [4.78, 5) is 28.9. The van der Waals surface area contributed by atoms with Crippen LogP contribution in [0.4, 0.5) is 8.78 Å². The SMILES string of the molecule is COCCCc1cc(CN(C(=O)C2CNCC[C@@]23OC(=O)c2cc(F)c(F)cc23)C2CC2)cc(OCCOC)c1. The van der Waals surface area contributed by atoms with Gasteiger partial charge in [0, 0.05) is 51.9 Å². The number of nitrogens with one attached hydrogen (secondary N) is 1. The minimum absolute atomic E-state index is 0.0156. The van der Waals surface area contributed by atoms with Crippen molar-refractivity contribution in [3.05, 3.63) is 64.2 Å². The number of esters is 1. The van der Waals surface area contributed by atoms with Crippen LogP contribution in [0.5, 0.6) is 5.75 Å². The second-order valence-electron chi connectivity index (χ2n) is 10.7. The van der Waals surface area contributed by atoms with Gasteiger partial charge in [-0.2, -0.15) is 0 Å². The van der Waals surface area contributed by atoms with Gasteiger partial charge in [0.2, 0.25) is 5.91 Å². The molecular weight excluding hydrogens is 522 g/mol. The quantitative estimate of drug-likeness (QED) is 0.314. The molecule has 1 N–H and O–H groups in total. The molecular formula is C30H36F2N2O6. The van der Waals surface area contributed by atoms with E-state index in [0.29, 0.717) is 38.7 Å². The first-order valence-corrected chi connectivity index (χ1v) is 13.8. The van der Waals surface area contributed by atoms with E-state index in [0.717, 1.165) is 48.9 Å². The van der Waals surface area contributed by atoms with Crippen molar-refractivity contribution >= 4 is 11.9 Å². The van der Waals surface area contributed by atoms with Crippen LogP contribution < -0.4 is 10.1 Å². The molecule has 2 atom stereocenters. The number of halogens is 2. The van der Waals surface area contributed by atoms with Crippen LogP contribution in [0.2, 0.25) is 0 Å². The van der Waals surface area contributed by atoms with E-state index >= 15 is 0 Å².